The van der Waals surface area contributed by atoms with Gasteiger partial charge in [0.15, 0.2) is 0 Å². The van der Waals surface area contributed by atoms with Gasteiger partial charge in [-0.05, 0) is 47.7 Å². The number of carbonyl (C=O) groups excluding carboxylic acids is 1. The molecule has 1 N–H and O–H groups in total. The molecule has 1 rings (SSSR count). The molecule has 0 heterocycles. The van der Waals surface area contributed by atoms with Gasteiger partial charge in [0.05, 0.1) is 0 Å². The van der Waals surface area contributed by atoms with Crippen molar-refractivity contribution in [1.82, 2.24) is 4.90 Å². The summed E-state index contributed by atoms with van der Waals surface area (Å²) in [6.07, 6.45) is 0. The third-order valence-corrected chi connectivity index (χ3v) is 2.74. The minimum Gasteiger partial charge on any atom is -0.480 e. The van der Waals surface area contributed by atoms with Crippen LogP contribution in [0.15, 0.2) is 24.3 Å². The van der Waals surface area contributed by atoms with Gasteiger partial charge in [0.25, 0.3) is 5.91 Å². The van der Waals surface area contributed by atoms with Crippen LogP contribution in [-0.4, -0.2) is 35.0 Å². The van der Waals surface area contributed by atoms with Gasteiger partial charge in [-0.3, -0.25) is 9.59 Å². The van der Waals surface area contributed by atoms with E-state index in [4.69, 9.17) is 5.11 Å². The molecule has 0 atom stereocenters. The quantitative estimate of drug-likeness (QED) is 0.856. The second-order valence-corrected chi connectivity index (χ2v) is 4.47. The van der Waals surface area contributed by atoms with Crippen molar-refractivity contribution in [2.24, 2.45) is 0 Å². The minimum absolute atomic E-state index is 0.247. The fourth-order valence-electron chi connectivity index (χ4n) is 1.29. The molecule has 5 heteroatoms. The van der Waals surface area contributed by atoms with Crippen LogP contribution in [0, 0.1) is 3.57 Å². The van der Waals surface area contributed by atoms with Gasteiger partial charge >= 0.3 is 5.97 Å². The molecule has 0 saturated heterocycles. The molecule has 0 aliphatic heterocycles. The van der Waals surface area contributed by atoms with E-state index in [1.807, 2.05) is 6.07 Å². The predicted octanol–water partition coefficient (Wildman–Crippen LogP) is 1.84. The molecule has 0 aliphatic carbocycles. The average Bonchev–Trinajstić information content (AvgIpc) is 2.24. The summed E-state index contributed by atoms with van der Waals surface area (Å²) in [4.78, 5) is 23.8. The van der Waals surface area contributed by atoms with Crippen LogP contribution in [0.2, 0.25) is 0 Å². The fourth-order valence-corrected chi connectivity index (χ4v) is 1.84. The Hall–Kier alpha value is -1.11. The van der Waals surface area contributed by atoms with E-state index in [1.54, 1.807) is 25.1 Å². The van der Waals surface area contributed by atoms with E-state index in [0.717, 1.165) is 3.57 Å². The highest BCUT2D eigenvalue weighted by Gasteiger charge is 2.16. The molecule has 0 aliphatic rings. The monoisotopic (exact) mass is 333 g/mol. The van der Waals surface area contributed by atoms with Crippen molar-refractivity contribution in [2.45, 2.75) is 6.92 Å². The van der Waals surface area contributed by atoms with Gasteiger partial charge in [0, 0.05) is 15.7 Å². The second kappa shape index (κ2) is 5.83. The van der Waals surface area contributed by atoms with Gasteiger partial charge in [0.2, 0.25) is 0 Å². The Morgan fingerprint density at radius 1 is 1.44 bits per heavy atom. The largest absolute Gasteiger partial charge is 0.480 e. The maximum atomic E-state index is 11.9. The maximum Gasteiger partial charge on any atom is 0.323 e. The van der Waals surface area contributed by atoms with E-state index in [-0.39, 0.29) is 12.5 Å². The maximum absolute atomic E-state index is 11.9. The lowest BCUT2D eigenvalue weighted by atomic mass is 10.2. The van der Waals surface area contributed by atoms with Gasteiger partial charge in [-0.2, -0.15) is 0 Å². The number of rotatable bonds is 4. The summed E-state index contributed by atoms with van der Waals surface area (Å²) in [5, 5.41) is 8.67. The van der Waals surface area contributed by atoms with E-state index in [9.17, 15) is 9.59 Å². The zero-order valence-corrected chi connectivity index (χ0v) is 11.0. The number of likely N-dealkylation sites (N-methyl/N-ethyl adjacent to an activating group) is 1. The lowest BCUT2D eigenvalue weighted by Gasteiger charge is -2.18. The fraction of sp³-hybridized carbons (Fsp3) is 0.273. The Bertz CT molecular complexity index is 406. The van der Waals surface area contributed by atoms with Crippen molar-refractivity contribution in [2.75, 3.05) is 13.1 Å². The molecule has 1 amide bonds. The Morgan fingerprint density at radius 3 is 2.62 bits per heavy atom. The number of hydrogen-bond acceptors (Lipinski definition) is 2. The molecule has 1 aromatic rings. The third-order valence-electron chi connectivity index (χ3n) is 2.07. The summed E-state index contributed by atoms with van der Waals surface area (Å²) in [7, 11) is 0. The van der Waals surface area contributed by atoms with Crippen molar-refractivity contribution in [3.8, 4) is 0 Å². The number of hydrogen-bond donors (Lipinski definition) is 1. The van der Waals surface area contributed by atoms with Crippen molar-refractivity contribution in [3.05, 3.63) is 33.4 Å². The number of carbonyl (C=O) groups is 2. The van der Waals surface area contributed by atoms with Crippen molar-refractivity contribution >= 4 is 34.5 Å². The lowest BCUT2D eigenvalue weighted by Crippen LogP contribution is -2.35. The number of aliphatic carboxylic acids is 1. The van der Waals surface area contributed by atoms with Crippen LogP contribution in [0.5, 0.6) is 0 Å². The molecule has 0 bridgehead atoms. The van der Waals surface area contributed by atoms with E-state index >= 15 is 0 Å². The number of amides is 1. The van der Waals surface area contributed by atoms with Crippen molar-refractivity contribution in [3.63, 3.8) is 0 Å². The summed E-state index contributed by atoms with van der Waals surface area (Å²) in [6, 6.07) is 7.09. The molecular formula is C11H12INO3. The summed E-state index contributed by atoms with van der Waals surface area (Å²) in [5.41, 5.74) is 0.523. The third kappa shape index (κ3) is 3.48. The first kappa shape index (κ1) is 13.0. The molecule has 0 radical (unpaired) electrons. The van der Waals surface area contributed by atoms with Gasteiger partial charge in [-0.1, -0.05) is 6.07 Å². The van der Waals surface area contributed by atoms with Crippen LogP contribution in [0.3, 0.4) is 0 Å². The molecule has 16 heavy (non-hydrogen) atoms. The Balaban J connectivity index is 2.86. The van der Waals surface area contributed by atoms with Crippen LogP contribution in [0.1, 0.15) is 17.3 Å². The van der Waals surface area contributed by atoms with Gasteiger partial charge in [-0.25, -0.2) is 0 Å². The van der Waals surface area contributed by atoms with Gasteiger partial charge < -0.3 is 10.0 Å². The number of nitrogens with zero attached hydrogens (tertiary/aromatic N) is 1. The number of benzene rings is 1. The first-order valence-electron chi connectivity index (χ1n) is 4.81. The van der Waals surface area contributed by atoms with Crippen LogP contribution in [-0.2, 0) is 4.79 Å². The Morgan fingerprint density at radius 2 is 2.12 bits per heavy atom. The molecule has 86 valence electrons. The highest BCUT2D eigenvalue weighted by molar-refractivity contribution is 14.1. The summed E-state index contributed by atoms with van der Waals surface area (Å²) in [5.74, 6) is -1.25. The standard InChI is InChI=1S/C11H12INO3/c1-2-13(7-10(14)15)11(16)8-4-3-5-9(12)6-8/h3-6H,2,7H2,1H3,(H,14,15). The Kier molecular flexibility index (Phi) is 4.72. The zero-order valence-electron chi connectivity index (χ0n) is 8.81. The number of halogens is 1. The van der Waals surface area contributed by atoms with Crippen LogP contribution in [0.4, 0.5) is 0 Å². The molecule has 0 spiro atoms. The van der Waals surface area contributed by atoms with E-state index in [2.05, 4.69) is 22.6 Å². The minimum atomic E-state index is -0.999. The topological polar surface area (TPSA) is 57.6 Å². The highest BCUT2D eigenvalue weighted by atomic mass is 127. The highest BCUT2D eigenvalue weighted by Crippen LogP contribution is 2.10. The summed E-state index contributed by atoms with van der Waals surface area (Å²) >= 11 is 2.11. The normalized spacial score (nSPS) is 9.88. The zero-order chi connectivity index (χ0) is 12.1. The van der Waals surface area contributed by atoms with Crippen LogP contribution >= 0.6 is 22.6 Å². The van der Waals surface area contributed by atoms with E-state index in [0.29, 0.717) is 12.1 Å². The lowest BCUT2D eigenvalue weighted by molar-refractivity contribution is -0.137. The first-order chi connectivity index (χ1) is 7.54. The first-order valence-corrected chi connectivity index (χ1v) is 5.89. The molecule has 0 aromatic heterocycles. The Labute approximate surface area is 107 Å². The number of carboxylic acids is 1. The molecular weight excluding hydrogens is 321 g/mol. The predicted molar refractivity (Wildman–Crippen MR) is 68.4 cm³/mol. The second-order valence-electron chi connectivity index (χ2n) is 3.22. The van der Waals surface area contributed by atoms with Crippen LogP contribution in [0.25, 0.3) is 0 Å². The van der Waals surface area contributed by atoms with E-state index < -0.39 is 5.97 Å². The van der Waals surface area contributed by atoms with Gasteiger partial charge in [-0.15, -0.1) is 0 Å². The SMILES string of the molecule is CCN(CC(=O)O)C(=O)c1cccc(I)c1. The molecule has 0 fully saturated rings. The van der Waals surface area contributed by atoms with Gasteiger partial charge in [0.1, 0.15) is 6.54 Å². The molecule has 0 saturated carbocycles. The average molecular weight is 333 g/mol. The van der Waals surface area contributed by atoms with Crippen molar-refractivity contribution < 1.29 is 14.7 Å². The molecule has 0 unspecified atom stereocenters. The van der Waals surface area contributed by atoms with E-state index in [1.165, 1.54) is 4.90 Å². The van der Waals surface area contributed by atoms with Crippen LogP contribution < -0.4 is 0 Å². The number of carboxylic acid groups (broad SMARTS) is 1. The summed E-state index contributed by atoms with van der Waals surface area (Å²) < 4.78 is 0.954. The van der Waals surface area contributed by atoms with Crippen molar-refractivity contribution in [1.29, 1.82) is 0 Å². The molecule has 4 nitrogen and oxygen atoms in total. The molecule has 1 aromatic carbocycles. The smallest absolute Gasteiger partial charge is 0.323 e. The summed E-state index contributed by atoms with van der Waals surface area (Å²) in [6.45, 7) is 1.88.